The molecule has 0 spiro atoms. The maximum Gasteiger partial charge on any atom is 0.349 e. The van der Waals surface area contributed by atoms with Crippen molar-refractivity contribution in [2.45, 2.75) is 33.3 Å². The van der Waals surface area contributed by atoms with Crippen LogP contribution in [0.25, 0.3) is 10.2 Å². The van der Waals surface area contributed by atoms with Crippen molar-refractivity contribution in [2.24, 2.45) is 7.05 Å². The maximum absolute atomic E-state index is 12.9. The molecule has 0 bridgehead atoms. The molecule has 3 heterocycles. The molecule has 160 valence electrons. The summed E-state index contributed by atoms with van der Waals surface area (Å²) in [5.41, 5.74) is 2.42. The van der Waals surface area contributed by atoms with Gasteiger partial charge >= 0.3 is 5.97 Å². The lowest BCUT2D eigenvalue weighted by Gasteiger charge is -2.16. The van der Waals surface area contributed by atoms with Crippen LogP contribution in [-0.4, -0.2) is 39.9 Å². The third-order valence-electron chi connectivity index (χ3n) is 5.49. The monoisotopic (exact) mass is 439 g/mol. The number of anilines is 1. The number of carbonyl (C=O) groups is 3. The van der Waals surface area contributed by atoms with Gasteiger partial charge in [0.25, 0.3) is 5.56 Å². The summed E-state index contributed by atoms with van der Waals surface area (Å²) < 4.78 is 6.78. The van der Waals surface area contributed by atoms with Crippen LogP contribution >= 0.6 is 11.3 Å². The first-order valence-corrected chi connectivity index (χ1v) is 10.6. The minimum atomic E-state index is -1.00. The van der Waals surface area contributed by atoms with E-state index in [9.17, 15) is 19.2 Å². The Hall–Kier alpha value is -3.33. The number of aromatic nitrogens is 2. The molecule has 9 heteroatoms. The van der Waals surface area contributed by atoms with Gasteiger partial charge < -0.3 is 14.2 Å². The summed E-state index contributed by atoms with van der Waals surface area (Å²) in [5.74, 6) is -1.03. The molecule has 0 aliphatic carbocycles. The summed E-state index contributed by atoms with van der Waals surface area (Å²) in [4.78, 5) is 56.3. The maximum atomic E-state index is 12.9. The van der Waals surface area contributed by atoms with E-state index in [0.717, 1.165) is 22.6 Å². The molecular weight excluding hydrogens is 418 g/mol. The number of rotatable bonds is 4. The highest BCUT2D eigenvalue weighted by molar-refractivity contribution is 7.20. The topological polar surface area (TPSA) is 98.6 Å². The van der Waals surface area contributed by atoms with E-state index in [1.807, 2.05) is 0 Å². The average Bonchev–Trinajstić information content (AvgIpc) is 3.31. The van der Waals surface area contributed by atoms with Crippen LogP contribution in [0.15, 0.2) is 29.3 Å². The van der Waals surface area contributed by atoms with Crippen molar-refractivity contribution in [1.82, 2.24) is 9.55 Å². The molecule has 1 amide bonds. The SMILES string of the molecule is CC(=O)N1CCc2cc(C(=O)[C@@H](C)OC(=O)c3sc4ncn(C)c(=O)c4c3C)ccc21. The fourth-order valence-corrected chi connectivity index (χ4v) is 4.81. The lowest BCUT2D eigenvalue weighted by Crippen LogP contribution is -2.26. The molecule has 0 saturated heterocycles. The van der Waals surface area contributed by atoms with Crippen LogP contribution in [0.4, 0.5) is 5.69 Å². The molecule has 0 radical (unpaired) electrons. The fourth-order valence-electron chi connectivity index (χ4n) is 3.79. The number of amides is 1. The van der Waals surface area contributed by atoms with E-state index in [2.05, 4.69) is 4.98 Å². The standard InChI is InChI=1S/C22H21N3O5S/c1-11-17-20(23-10-24(4)21(17)28)31-19(11)22(29)30-12(2)18(27)15-5-6-16-14(9-15)7-8-25(16)13(3)26/h5-6,9-10,12H,7-8H2,1-4H3/t12-/m1/s1. The number of ether oxygens (including phenoxy) is 1. The second-order valence-corrected chi connectivity index (χ2v) is 8.57. The summed E-state index contributed by atoms with van der Waals surface area (Å²) in [6, 6.07) is 5.15. The summed E-state index contributed by atoms with van der Waals surface area (Å²) in [6.07, 6.45) is 1.08. The Morgan fingerprint density at radius 3 is 2.71 bits per heavy atom. The van der Waals surface area contributed by atoms with Crippen molar-refractivity contribution < 1.29 is 19.1 Å². The van der Waals surface area contributed by atoms with E-state index in [4.69, 9.17) is 4.74 Å². The Labute approximate surface area is 182 Å². The molecule has 0 saturated carbocycles. The molecule has 3 aromatic rings. The summed E-state index contributed by atoms with van der Waals surface area (Å²) >= 11 is 1.08. The second kappa shape index (κ2) is 7.73. The van der Waals surface area contributed by atoms with E-state index < -0.39 is 12.1 Å². The summed E-state index contributed by atoms with van der Waals surface area (Å²) in [5, 5.41) is 0.384. The van der Waals surface area contributed by atoms with Gasteiger partial charge in [0.1, 0.15) is 9.71 Å². The van der Waals surface area contributed by atoms with E-state index in [-0.39, 0.29) is 22.1 Å². The van der Waals surface area contributed by atoms with Crippen LogP contribution in [0.3, 0.4) is 0 Å². The number of carbonyl (C=O) groups excluding carboxylic acids is 3. The van der Waals surface area contributed by atoms with Crippen molar-refractivity contribution in [3.8, 4) is 0 Å². The van der Waals surface area contributed by atoms with Crippen LogP contribution in [0, 0.1) is 6.92 Å². The second-order valence-electron chi connectivity index (χ2n) is 7.57. The first-order valence-electron chi connectivity index (χ1n) is 9.80. The van der Waals surface area contributed by atoms with Crippen molar-refractivity contribution in [3.63, 3.8) is 0 Å². The van der Waals surface area contributed by atoms with Gasteiger partial charge in [-0.1, -0.05) is 0 Å². The highest BCUT2D eigenvalue weighted by atomic mass is 32.1. The normalized spacial score (nSPS) is 13.9. The van der Waals surface area contributed by atoms with Gasteiger partial charge in [-0.05, 0) is 49.6 Å². The number of ketones is 1. The van der Waals surface area contributed by atoms with Gasteiger partial charge in [-0.15, -0.1) is 11.3 Å². The molecule has 4 rings (SSSR count). The third-order valence-corrected chi connectivity index (χ3v) is 6.67. The first-order chi connectivity index (χ1) is 14.7. The Morgan fingerprint density at radius 1 is 1.26 bits per heavy atom. The lowest BCUT2D eigenvalue weighted by atomic mass is 10.0. The predicted molar refractivity (Wildman–Crippen MR) is 117 cm³/mol. The molecule has 0 fully saturated rings. The molecule has 2 aromatic heterocycles. The smallest absolute Gasteiger partial charge is 0.349 e. The zero-order valence-electron chi connectivity index (χ0n) is 17.6. The Balaban J connectivity index is 1.55. The number of hydrogen-bond donors (Lipinski definition) is 0. The molecule has 0 unspecified atom stereocenters. The van der Waals surface area contributed by atoms with Gasteiger partial charge in [-0.3, -0.25) is 14.4 Å². The molecule has 8 nitrogen and oxygen atoms in total. The van der Waals surface area contributed by atoms with Gasteiger partial charge in [0, 0.05) is 31.8 Å². The molecule has 0 N–H and O–H groups in total. The van der Waals surface area contributed by atoms with E-state index >= 15 is 0 Å². The number of Topliss-reactive ketones (excluding diaryl/α,β-unsaturated/α-hetero) is 1. The van der Waals surface area contributed by atoms with Gasteiger partial charge in [-0.25, -0.2) is 9.78 Å². The first kappa shape index (κ1) is 20.9. The molecule has 1 aromatic carbocycles. The molecular formula is C22H21N3O5S. The van der Waals surface area contributed by atoms with Gasteiger partial charge in [0.15, 0.2) is 6.10 Å². The van der Waals surface area contributed by atoms with Gasteiger partial charge in [-0.2, -0.15) is 0 Å². The molecule has 31 heavy (non-hydrogen) atoms. The Kier molecular flexibility index (Phi) is 5.22. The summed E-state index contributed by atoms with van der Waals surface area (Å²) in [7, 11) is 1.59. The number of nitrogens with zero attached hydrogens (tertiary/aromatic N) is 3. The highest BCUT2D eigenvalue weighted by Gasteiger charge is 2.27. The molecule has 1 aliphatic heterocycles. The lowest BCUT2D eigenvalue weighted by molar-refractivity contribution is -0.116. The fraction of sp³-hybridized carbons (Fsp3) is 0.318. The Bertz CT molecular complexity index is 1310. The van der Waals surface area contributed by atoms with Crippen LogP contribution in [0.5, 0.6) is 0 Å². The van der Waals surface area contributed by atoms with Crippen molar-refractivity contribution >= 4 is 44.9 Å². The Morgan fingerprint density at radius 2 is 2.00 bits per heavy atom. The van der Waals surface area contributed by atoms with Gasteiger partial charge in [0.2, 0.25) is 11.7 Å². The highest BCUT2D eigenvalue weighted by Crippen LogP contribution is 2.30. The quantitative estimate of drug-likeness (QED) is 0.458. The van der Waals surface area contributed by atoms with E-state index in [1.54, 1.807) is 37.1 Å². The zero-order valence-corrected chi connectivity index (χ0v) is 18.4. The number of fused-ring (bicyclic) bond motifs is 2. The minimum absolute atomic E-state index is 0.0388. The van der Waals surface area contributed by atoms with Crippen molar-refractivity contribution in [3.05, 3.63) is 56.4 Å². The van der Waals surface area contributed by atoms with E-state index in [0.29, 0.717) is 34.3 Å². The molecule has 1 aliphatic rings. The third kappa shape index (κ3) is 3.54. The zero-order chi connectivity index (χ0) is 22.4. The van der Waals surface area contributed by atoms with Gasteiger partial charge in [0.05, 0.1) is 11.7 Å². The van der Waals surface area contributed by atoms with E-state index in [1.165, 1.54) is 24.7 Å². The summed E-state index contributed by atoms with van der Waals surface area (Å²) in [6.45, 7) is 5.30. The van der Waals surface area contributed by atoms with Crippen molar-refractivity contribution in [1.29, 1.82) is 0 Å². The van der Waals surface area contributed by atoms with Crippen LogP contribution in [-0.2, 0) is 23.0 Å². The van der Waals surface area contributed by atoms with Crippen molar-refractivity contribution in [2.75, 3.05) is 11.4 Å². The van der Waals surface area contributed by atoms with Crippen LogP contribution < -0.4 is 10.5 Å². The number of aryl methyl sites for hydroxylation is 2. The largest absolute Gasteiger partial charge is 0.450 e. The van der Waals surface area contributed by atoms with Crippen LogP contribution in [0.2, 0.25) is 0 Å². The number of thiophene rings is 1. The van der Waals surface area contributed by atoms with Crippen LogP contribution in [0.1, 0.15) is 45.0 Å². The number of benzene rings is 1. The molecule has 1 atom stereocenters. The minimum Gasteiger partial charge on any atom is -0.450 e. The number of hydrogen-bond acceptors (Lipinski definition) is 7. The average molecular weight is 439 g/mol. The predicted octanol–water partition coefficient (Wildman–Crippen LogP) is 2.64. The number of esters is 1.